The summed E-state index contributed by atoms with van der Waals surface area (Å²) >= 11 is 3.50. The van der Waals surface area contributed by atoms with Crippen LogP contribution in [0.15, 0.2) is 59.1 Å². The van der Waals surface area contributed by atoms with Crippen molar-refractivity contribution in [3.8, 4) is 0 Å². The first kappa shape index (κ1) is 17.2. The van der Waals surface area contributed by atoms with Crippen molar-refractivity contribution in [2.75, 3.05) is 26.8 Å². The Balaban J connectivity index is 1.95. The van der Waals surface area contributed by atoms with Gasteiger partial charge < -0.3 is 10.1 Å². The average molecular weight is 362 g/mol. The second kappa shape index (κ2) is 9.78. The van der Waals surface area contributed by atoms with Crippen LogP contribution in [0.25, 0.3) is 0 Å². The topological polar surface area (TPSA) is 21.3 Å². The Kier molecular flexibility index (Phi) is 7.64. The Morgan fingerprint density at radius 2 is 1.59 bits per heavy atom. The van der Waals surface area contributed by atoms with Crippen LogP contribution >= 0.6 is 15.9 Å². The van der Waals surface area contributed by atoms with E-state index in [1.54, 1.807) is 7.11 Å². The molecule has 0 aliphatic carbocycles. The SMILES string of the molecule is COCCNCC(Cc1ccccc1)Cc1ccc(Br)cc1. The summed E-state index contributed by atoms with van der Waals surface area (Å²) in [6, 6.07) is 19.4. The molecular weight excluding hydrogens is 338 g/mol. The lowest BCUT2D eigenvalue weighted by molar-refractivity contribution is 0.197. The third-order valence-corrected chi connectivity index (χ3v) is 4.25. The van der Waals surface area contributed by atoms with Gasteiger partial charge in [0.2, 0.25) is 0 Å². The molecule has 2 aromatic carbocycles. The van der Waals surface area contributed by atoms with Crippen molar-refractivity contribution < 1.29 is 4.74 Å². The maximum atomic E-state index is 5.11. The van der Waals surface area contributed by atoms with Gasteiger partial charge in [0, 0.05) is 18.1 Å². The van der Waals surface area contributed by atoms with Gasteiger partial charge in [0.25, 0.3) is 0 Å². The minimum Gasteiger partial charge on any atom is -0.383 e. The van der Waals surface area contributed by atoms with E-state index in [0.29, 0.717) is 5.92 Å². The predicted octanol–water partition coefficient (Wildman–Crippen LogP) is 4.09. The van der Waals surface area contributed by atoms with Crippen molar-refractivity contribution in [2.24, 2.45) is 5.92 Å². The van der Waals surface area contributed by atoms with Crippen LogP contribution in [0.2, 0.25) is 0 Å². The lowest BCUT2D eigenvalue weighted by Gasteiger charge is -2.18. The van der Waals surface area contributed by atoms with Gasteiger partial charge in [-0.1, -0.05) is 58.4 Å². The molecule has 0 saturated carbocycles. The highest BCUT2D eigenvalue weighted by Gasteiger charge is 2.11. The van der Waals surface area contributed by atoms with E-state index < -0.39 is 0 Å². The summed E-state index contributed by atoms with van der Waals surface area (Å²) in [6.07, 6.45) is 2.18. The van der Waals surface area contributed by atoms with Gasteiger partial charge in [0.1, 0.15) is 0 Å². The molecule has 0 aliphatic rings. The molecule has 0 saturated heterocycles. The van der Waals surface area contributed by atoms with Crippen molar-refractivity contribution in [1.82, 2.24) is 5.32 Å². The molecule has 0 amide bonds. The zero-order chi connectivity index (χ0) is 15.6. The van der Waals surface area contributed by atoms with Crippen molar-refractivity contribution in [3.05, 3.63) is 70.2 Å². The van der Waals surface area contributed by atoms with E-state index in [1.165, 1.54) is 11.1 Å². The average Bonchev–Trinajstić information content (AvgIpc) is 2.54. The molecule has 2 rings (SSSR count). The van der Waals surface area contributed by atoms with Crippen molar-refractivity contribution >= 4 is 15.9 Å². The number of hydrogen-bond acceptors (Lipinski definition) is 2. The fourth-order valence-corrected chi connectivity index (χ4v) is 2.86. The van der Waals surface area contributed by atoms with E-state index in [1.807, 2.05) is 0 Å². The molecule has 0 fully saturated rings. The summed E-state index contributed by atoms with van der Waals surface area (Å²) in [5.74, 6) is 0.584. The lowest BCUT2D eigenvalue weighted by Crippen LogP contribution is -2.28. The van der Waals surface area contributed by atoms with Crippen LogP contribution in [0.1, 0.15) is 11.1 Å². The smallest absolute Gasteiger partial charge is 0.0587 e. The highest BCUT2D eigenvalue weighted by molar-refractivity contribution is 9.10. The zero-order valence-corrected chi connectivity index (χ0v) is 14.7. The quantitative estimate of drug-likeness (QED) is 0.679. The van der Waals surface area contributed by atoms with E-state index in [-0.39, 0.29) is 0 Å². The lowest BCUT2D eigenvalue weighted by atomic mass is 9.92. The van der Waals surface area contributed by atoms with Gasteiger partial charge in [-0.05, 0) is 48.6 Å². The molecule has 22 heavy (non-hydrogen) atoms. The molecule has 0 spiro atoms. The fraction of sp³-hybridized carbons (Fsp3) is 0.368. The Labute approximate surface area is 142 Å². The van der Waals surface area contributed by atoms with E-state index in [4.69, 9.17) is 4.74 Å². The normalized spacial score (nSPS) is 12.3. The minimum atomic E-state index is 0.584. The van der Waals surface area contributed by atoms with Gasteiger partial charge >= 0.3 is 0 Å². The summed E-state index contributed by atoms with van der Waals surface area (Å²) in [6.45, 7) is 2.67. The van der Waals surface area contributed by atoms with Gasteiger partial charge in [-0.3, -0.25) is 0 Å². The van der Waals surface area contributed by atoms with Crippen LogP contribution in [0.3, 0.4) is 0 Å². The largest absolute Gasteiger partial charge is 0.383 e. The molecule has 0 aliphatic heterocycles. The third-order valence-electron chi connectivity index (χ3n) is 3.72. The van der Waals surface area contributed by atoms with Gasteiger partial charge in [0.15, 0.2) is 0 Å². The van der Waals surface area contributed by atoms with Gasteiger partial charge in [-0.25, -0.2) is 0 Å². The van der Waals surface area contributed by atoms with E-state index in [9.17, 15) is 0 Å². The molecule has 1 atom stereocenters. The van der Waals surface area contributed by atoms with E-state index >= 15 is 0 Å². The molecule has 0 radical (unpaired) electrons. The first-order valence-corrected chi connectivity index (χ1v) is 8.55. The predicted molar refractivity (Wildman–Crippen MR) is 96.2 cm³/mol. The maximum Gasteiger partial charge on any atom is 0.0587 e. The Hall–Kier alpha value is -1.16. The molecule has 0 heterocycles. The summed E-state index contributed by atoms with van der Waals surface area (Å²) < 4.78 is 6.24. The van der Waals surface area contributed by atoms with Gasteiger partial charge in [0.05, 0.1) is 6.61 Å². The Bertz CT molecular complexity index is 527. The van der Waals surface area contributed by atoms with Crippen molar-refractivity contribution in [2.45, 2.75) is 12.8 Å². The number of benzene rings is 2. The zero-order valence-electron chi connectivity index (χ0n) is 13.1. The molecule has 1 N–H and O–H groups in total. The molecule has 2 aromatic rings. The van der Waals surface area contributed by atoms with Crippen LogP contribution in [0.4, 0.5) is 0 Å². The summed E-state index contributed by atoms with van der Waals surface area (Å²) in [4.78, 5) is 0. The molecular formula is C19H24BrNO. The van der Waals surface area contributed by atoms with Crippen LogP contribution in [0.5, 0.6) is 0 Å². The minimum absolute atomic E-state index is 0.584. The van der Waals surface area contributed by atoms with Crippen molar-refractivity contribution in [3.63, 3.8) is 0 Å². The van der Waals surface area contributed by atoms with Crippen LogP contribution < -0.4 is 5.32 Å². The number of rotatable bonds is 9. The highest BCUT2D eigenvalue weighted by atomic mass is 79.9. The number of methoxy groups -OCH3 is 1. The molecule has 118 valence electrons. The molecule has 0 aromatic heterocycles. The Morgan fingerprint density at radius 1 is 0.955 bits per heavy atom. The summed E-state index contributed by atoms with van der Waals surface area (Å²) in [5, 5.41) is 3.50. The summed E-state index contributed by atoms with van der Waals surface area (Å²) in [5.41, 5.74) is 2.79. The Morgan fingerprint density at radius 3 is 2.23 bits per heavy atom. The highest BCUT2D eigenvalue weighted by Crippen LogP contribution is 2.17. The molecule has 1 unspecified atom stereocenters. The van der Waals surface area contributed by atoms with Crippen LogP contribution in [-0.2, 0) is 17.6 Å². The second-order valence-corrected chi connectivity index (χ2v) is 6.50. The number of halogens is 1. The number of nitrogens with one attached hydrogen (secondary N) is 1. The number of hydrogen-bond donors (Lipinski definition) is 1. The molecule has 3 heteroatoms. The van der Waals surface area contributed by atoms with Gasteiger partial charge in [-0.15, -0.1) is 0 Å². The first-order valence-electron chi connectivity index (χ1n) is 7.76. The van der Waals surface area contributed by atoms with Crippen LogP contribution in [0, 0.1) is 5.92 Å². The maximum absolute atomic E-state index is 5.11. The van der Waals surface area contributed by atoms with Crippen LogP contribution in [-0.4, -0.2) is 26.8 Å². The fourth-order valence-electron chi connectivity index (χ4n) is 2.60. The third kappa shape index (κ3) is 6.30. The second-order valence-electron chi connectivity index (χ2n) is 5.58. The van der Waals surface area contributed by atoms with Crippen molar-refractivity contribution in [1.29, 1.82) is 0 Å². The van der Waals surface area contributed by atoms with E-state index in [0.717, 1.165) is 37.0 Å². The van der Waals surface area contributed by atoms with Gasteiger partial charge in [-0.2, -0.15) is 0 Å². The molecule has 2 nitrogen and oxygen atoms in total. The summed E-state index contributed by atoms with van der Waals surface area (Å²) in [7, 11) is 1.74. The first-order chi connectivity index (χ1) is 10.8. The molecule has 0 bridgehead atoms. The van der Waals surface area contributed by atoms with E-state index in [2.05, 4.69) is 75.8 Å². The standard InChI is InChI=1S/C19H24BrNO/c1-22-12-11-21-15-18(13-16-5-3-2-4-6-16)14-17-7-9-19(20)10-8-17/h2-10,18,21H,11-15H2,1H3. The monoisotopic (exact) mass is 361 g/mol. The number of ether oxygens (including phenoxy) is 1.